The Balaban J connectivity index is 1.55. The first-order valence-electron chi connectivity index (χ1n) is 11.0. The van der Waals surface area contributed by atoms with Gasteiger partial charge in [0.15, 0.2) is 0 Å². The van der Waals surface area contributed by atoms with Gasteiger partial charge in [0.05, 0.1) is 35.1 Å². The Morgan fingerprint density at radius 1 is 1.17 bits per heavy atom. The number of alkyl halides is 7. The standard InChI is InChI=1S/C23H23F7N4O2/c1-33-5-4-22(35,13-2-3-17(21(26)27)31-9-13)8-14(33)11-36-15-6-16(23(28,29)30)20-18(7-15)32-12-34(20)10-19(24)25/h2-3,6-7,9,12,14,19,21,35H,4-5,8,10-11H2,1H3/t14-,22-/m0/s1. The number of aromatic nitrogens is 3. The summed E-state index contributed by atoms with van der Waals surface area (Å²) in [6, 6.07) is 4.09. The number of likely N-dealkylation sites (N-methyl/N-ethyl adjacent to an activating group) is 1. The van der Waals surface area contributed by atoms with E-state index < -0.39 is 54.0 Å². The van der Waals surface area contributed by atoms with E-state index in [1.165, 1.54) is 18.3 Å². The highest BCUT2D eigenvalue weighted by atomic mass is 19.4. The number of halogens is 7. The smallest absolute Gasteiger partial charge is 0.418 e. The number of imidazole rings is 1. The van der Waals surface area contributed by atoms with Gasteiger partial charge in [0, 0.05) is 30.4 Å². The largest absolute Gasteiger partial charge is 0.492 e. The summed E-state index contributed by atoms with van der Waals surface area (Å²) in [5.41, 5.74) is -3.19. The van der Waals surface area contributed by atoms with Gasteiger partial charge in [-0.3, -0.25) is 9.88 Å². The first-order chi connectivity index (χ1) is 16.9. The molecule has 1 saturated heterocycles. The molecule has 1 aliphatic rings. The molecule has 2 aromatic heterocycles. The number of nitrogens with zero attached hydrogens (tertiary/aromatic N) is 4. The van der Waals surface area contributed by atoms with Gasteiger partial charge >= 0.3 is 6.18 Å². The second-order valence-corrected chi connectivity index (χ2v) is 8.83. The van der Waals surface area contributed by atoms with Crippen molar-refractivity contribution in [3.8, 4) is 5.75 Å². The quantitative estimate of drug-likeness (QED) is 0.444. The van der Waals surface area contributed by atoms with Gasteiger partial charge < -0.3 is 14.4 Å². The van der Waals surface area contributed by atoms with Crippen LogP contribution < -0.4 is 4.74 Å². The van der Waals surface area contributed by atoms with E-state index in [-0.39, 0.29) is 24.3 Å². The van der Waals surface area contributed by atoms with Crippen LogP contribution in [0.3, 0.4) is 0 Å². The summed E-state index contributed by atoms with van der Waals surface area (Å²) in [4.78, 5) is 9.41. The van der Waals surface area contributed by atoms with E-state index in [1.54, 1.807) is 7.05 Å². The molecular weight excluding hydrogens is 497 g/mol. The number of rotatable bonds is 7. The molecule has 0 saturated carbocycles. The van der Waals surface area contributed by atoms with E-state index in [9.17, 15) is 35.8 Å². The maximum absolute atomic E-state index is 13.7. The van der Waals surface area contributed by atoms with Crippen LogP contribution in [0.4, 0.5) is 30.7 Å². The second kappa shape index (κ2) is 9.85. The van der Waals surface area contributed by atoms with Crippen molar-refractivity contribution in [2.45, 2.75) is 50.1 Å². The van der Waals surface area contributed by atoms with Crippen molar-refractivity contribution in [3.05, 3.63) is 53.6 Å². The number of likely N-dealkylation sites (tertiary alicyclic amines) is 1. The van der Waals surface area contributed by atoms with Gasteiger partial charge in [-0.25, -0.2) is 22.5 Å². The number of piperidine rings is 1. The lowest BCUT2D eigenvalue weighted by molar-refractivity contribution is -0.136. The molecule has 1 aliphatic heterocycles. The Kier molecular flexibility index (Phi) is 7.15. The molecule has 196 valence electrons. The highest BCUT2D eigenvalue weighted by molar-refractivity contribution is 5.81. The molecule has 4 rings (SSSR count). The van der Waals surface area contributed by atoms with Crippen molar-refractivity contribution in [2.75, 3.05) is 20.2 Å². The third kappa shape index (κ3) is 5.41. The fourth-order valence-electron chi connectivity index (χ4n) is 4.41. The SMILES string of the molecule is CN1CC[C@@](O)(c2ccc(C(F)F)nc2)C[C@H]1COc1cc(C(F)(F)F)c2c(c1)ncn2CC(F)F. The number of pyridine rings is 1. The lowest BCUT2D eigenvalue weighted by Crippen LogP contribution is -2.49. The Morgan fingerprint density at radius 3 is 2.53 bits per heavy atom. The third-order valence-corrected chi connectivity index (χ3v) is 6.39. The molecule has 6 nitrogen and oxygen atoms in total. The lowest BCUT2D eigenvalue weighted by atomic mass is 9.82. The van der Waals surface area contributed by atoms with Crippen LogP contribution in [0.5, 0.6) is 5.75 Å². The topological polar surface area (TPSA) is 63.4 Å². The second-order valence-electron chi connectivity index (χ2n) is 8.83. The minimum atomic E-state index is -4.84. The average molecular weight is 520 g/mol. The van der Waals surface area contributed by atoms with Gasteiger partial charge in [0.1, 0.15) is 18.1 Å². The van der Waals surface area contributed by atoms with Gasteiger partial charge in [-0.1, -0.05) is 6.07 Å². The molecule has 1 N–H and O–H groups in total. The van der Waals surface area contributed by atoms with Crippen molar-refractivity contribution in [3.63, 3.8) is 0 Å². The molecule has 0 amide bonds. The molecule has 1 fully saturated rings. The van der Waals surface area contributed by atoms with E-state index in [0.717, 1.165) is 23.0 Å². The molecule has 0 spiro atoms. The molecule has 0 bridgehead atoms. The first-order valence-corrected chi connectivity index (χ1v) is 11.0. The highest BCUT2D eigenvalue weighted by Crippen LogP contribution is 2.39. The maximum atomic E-state index is 13.7. The Morgan fingerprint density at radius 2 is 1.92 bits per heavy atom. The van der Waals surface area contributed by atoms with Crippen LogP contribution in [0.1, 0.15) is 36.1 Å². The normalized spacial score (nSPS) is 21.6. The van der Waals surface area contributed by atoms with Crippen molar-refractivity contribution in [1.29, 1.82) is 0 Å². The van der Waals surface area contributed by atoms with E-state index >= 15 is 0 Å². The minimum Gasteiger partial charge on any atom is -0.492 e. The molecule has 3 aromatic rings. The monoisotopic (exact) mass is 520 g/mol. The van der Waals surface area contributed by atoms with Gasteiger partial charge in [0.2, 0.25) is 0 Å². The molecule has 0 radical (unpaired) electrons. The van der Waals surface area contributed by atoms with Crippen LogP contribution in [0, 0.1) is 0 Å². The van der Waals surface area contributed by atoms with E-state index in [0.29, 0.717) is 18.5 Å². The molecule has 0 aliphatic carbocycles. The zero-order valence-electron chi connectivity index (χ0n) is 19.0. The van der Waals surface area contributed by atoms with Crippen LogP contribution in [-0.4, -0.2) is 57.2 Å². The highest BCUT2D eigenvalue weighted by Gasteiger charge is 2.39. The molecule has 0 unspecified atom stereocenters. The average Bonchev–Trinajstić information content (AvgIpc) is 3.20. The zero-order valence-corrected chi connectivity index (χ0v) is 19.0. The molecule has 13 heteroatoms. The Hall–Kier alpha value is -2.93. The van der Waals surface area contributed by atoms with E-state index in [1.807, 2.05) is 4.90 Å². The van der Waals surface area contributed by atoms with Crippen molar-refractivity contribution >= 4 is 11.0 Å². The van der Waals surface area contributed by atoms with Crippen molar-refractivity contribution < 1.29 is 40.6 Å². The van der Waals surface area contributed by atoms with Crippen LogP contribution in [0.25, 0.3) is 11.0 Å². The molecule has 2 atom stereocenters. The molecule has 3 heterocycles. The summed E-state index contributed by atoms with van der Waals surface area (Å²) >= 11 is 0. The summed E-state index contributed by atoms with van der Waals surface area (Å²) in [6.45, 7) is -0.619. The number of ether oxygens (including phenoxy) is 1. The lowest BCUT2D eigenvalue weighted by Gasteiger charge is -2.42. The molecule has 36 heavy (non-hydrogen) atoms. The number of benzene rings is 1. The first kappa shape index (κ1) is 26.1. The summed E-state index contributed by atoms with van der Waals surface area (Å²) < 4.78 is 98.9. The fourth-order valence-corrected chi connectivity index (χ4v) is 4.41. The summed E-state index contributed by atoms with van der Waals surface area (Å²) in [7, 11) is 1.77. The maximum Gasteiger partial charge on any atom is 0.418 e. The number of fused-ring (bicyclic) bond motifs is 1. The van der Waals surface area contributed by atoms with Gasteiger partial charge in [-0.05, 0) is 32.0 Å². The predicted octanol–water partition coefficient (Wildman–Crippen LogP) is 5.01. The Bertz CT molecular complexity index is 1200. The van der Waals surface area contributed by atoms with E-state index in [4.69, 9.17) is 4.74 Å². The molecule has 1 aromatic carbocycles. The Labute approximate surface area is 201 Å². The summed E-state index contributed by atoms with van der Waals surface area (Å²) in [5.74, 6) is -0.150. The van der Waals surface area contributed by atoms with Gasteiger partial charge in [-0.2, -0.15) is 13.2 Å². The van der Waals surface area contributed by atoms with Crippen LogP contribution in [0.2, 0.25) is 0 Å². The fraction of sp³-hybridized carbons (Fsp3) is 0.478. The van der Waals surface area contributed by atoms with Crippen LogP contribution in [0.15, 0.2) is 36.8 Å². The third-order valence-electron chi connectivity index (χ3n) is 6.39. The predicted molar refractivity (Wildman–Crippen MR) is 115 cm³/mol. The van der Waals surface area contributed by atoms with Crippen molar-refractivity contribution in [1.82, 2.24) is 19.4 Å². The van der Waals surface area contributed by atoms with Crippen LogP contribution >= 0.6 is 0 Å². The molecular formula is C23H23F7N4O2. The van der Waals surface area contributed by atoms with Crippen LogP contribution in [-0.2, 0) is 18.3 Å². The minimum absolute atomic E-state index is 0.0953. The summed E-state index contributed by atoms with van der Waals surface area (Å²) in [6.07, 6.45) is -7.90. The van der Waals surface area contributed by atoms with E-state index in [2.05, 4.69) is 9.97 Å². The zero-order chi connectivity index (χ0) is 26.3. The number of hydrogen-bond donors (Lipinski definition) is 1. The van der Waals surface area contributed by atoms with Gasteiger partial charge in [0.25, 0.3) is 12.9 Å². The van der Waals surface area contributed by atoms with Gasteiger partial charge in [-0.15, -0.1) is 0 Å². The summed E-state index contributed by atoms with van der Waals surface area (Å²) in [5, 5.41) is 11.2. The number of hydrogen-bond acceptors (Lipinski definition) is 5. The van der Waals surface area contributed by atoms with Crippen molar-refractivity contribution in [2.24, 2.45) is 0 Å². The number of aliphatic hydroxyl groups is 1.